The molecule has 0 aliphatic heterocycles. The van der Waals surface area contributed by atoms with Crippen LogP contribution in [0.1, 0.15) is 42.4 Å². The highest BCUT2D eigenvalue weighted by molar-refractivity contribution is 5.93. The smallest absolute Gasteiger partial charge is 0.227 e. The lowest BCUT2D eigenvalue weighted by atomic mass is 9.81. The number of rotatable bonds is 5. The Morgan fingerprint density at radius 2 is 1.48 bits per heavy atom. The van der Waals surface area contributed by atoms with Crippen molar-refractivity contribution in [1.82, 2.24) is 5.32 Å². The molecule has 4 heteroatoms. The van der Waals surface area contributed by atoms with Gasteiger partial charge >= 0.3 is 0 Å². The minimum absolute atomic E-state index is 0.0110. The zero-order valence-electron chi connectivity index (χ0n) is 16.1. The number of aryl methyl sites for hydroxylation is 1. The fourth-order valence-corrected chi connectivity index (χ4v) is 3.67. The van der Waals surface area contributed by atoms with E-state index in [1.165, 1.54) is 5.56 Å². The number of carbonyl (C=O) groups excluding carboxylic acids is 2. The van der Waals surface area contributed by atoms with Crippen LogP contribution in [0.3, 0.4) is 0 Å². The summed E-state index contributed by atoms with van der Waals surface area (Å²) in [7, 11) is 0. The van der Waals surface area contributed by atoms with Crippen LogP contribution < -0.4 is 10.6 Å². The highest BCUT2D eigenvalue weighted by Crippen LogP contribution is 2.30. The predicted molar refractivity (Wildman–Crippen MR) is 108 cm³/mol. The average Bonchev–Trinajstić information content (AvgIpc) is 2.70. The molecule has 0 heterocycles. The molecule has 0 unspecified atom stereocenters. The molecule has 1 saturated carbocycles. The van der Waals surface area contributed by atoms with Gasteiger partial charge in [0.2, 0.25) is 11.8 Å². The number of hydrogen-bond acceptors (Lipinski definition) is 2. The lowest BCUT2D eigenvalue weighted by Gasteiger charge is -2.27. The van der Waals surface area contributed by atoms with E-state index in [4.69, 9.17) is 0 Å². The van der Waals surface area contributed by atoms with Gasteiger partial charge in [-0.1, -0.05) is 42.5 Å². The molecule has 0 aromatic heterocycles. The van der Waals surface area contributed by atoms with Crippen LogP contribution in [0.2, 0.25) is 0 Å². The summed E-state index contributed by atoms with van der Waals surface area (Å²) in [6.45, 7) is 4.63. The summed E-state index contributed by atoms with van der Waals surface area (Å²) in [6.07, 6.45) is 3.07. The van der Waals surface area contributed by atoms with Gasteiger partial charge in [0.1, 0.15) is 0 Å². The first-order chi connectivity index (χ1) is 13.0. The van der Waals surface area contributed by atoms with Gasteiger partial charge in [-0.05, 0) is 62.3 Å². The molecule has 3 rings (SSSR count). The molecule has 2 amide bonds. The molecule has 0 spiro atoms. The lowest BCUT2D eigenvalue weighted by molar-refractivity contribution is -0.128. The van der Waals surface area contributed by atoms with Crippen molar-refractivity contribution in [2.24, 2.45) is 11.8 Å². The van der Waals surface area contributed by atoms with Crippen molar-refractivity contribution in [2.75, 3.05) is 5.32 Å². The first-order valence-electron chi connectivity index (χ1n) is 9.73. The third kappa shape index (κ3) is 4.97. The molecule has 1 aliphatic carbocycles. The fraction of sp³-hybridized carbons (Fsp3) is 0.391. The Morgan fingerprint density at radius 1 is 0.852 bits per heavy atom. The Hall–Kier alpha value is -2.62. The quantitative estimate of drug-likeness (QED) is 0.828. The van der Waals surface area contributed by atoms with E-state index in [-0.39, 0.29) is 23.7 Å². The maximum absolute atomic E-state index is 12.6. The van der Waals surface area contributed by atoms with Crippen LogP contribution in [0.5, 0.6) is 0 Å². The number of anilines is 1. The van der Waals surface area contributed by atoms with E-state index in [2.05, 4.69) is 10.6 Å². The molecule has 1 fully saturated rings. The third-order valence-electron chi connectivity index (χ3n) is 5.64. The highest BCUT2D eigenvalue weighted by Gasteiger charge is 2.30. The van der Waals surface area contributed by atoms with Crippen molar-refractivity contribution in [1.29, 1.82) is 0 Å². The molecule has 1 aliphatic rings. The minimum atomic E-state index is -0.0110. The monoisotopic (exact) mass is 364 g/mol. The lowest BCUT2D eigenvalue weighted by Crippen LogP contribution is -2.35. The van der Waals surface area contributed by atoms with Gasteiger partial charge in [0.15, 0.2) is 0 Å². The summed E-state index contributed by atoms with van der Waals surface area (Å²) >= 11 is 0. The number of amides is 2. The zero-order valence-corrected chi connectivity index (χ0v) is 16.1. The normalized spacial score (nSPS) is 19.3. The topological polar surface area (TPSA) is 58.2 Å². The molecular formula is C23H28N2O2. The number of hydrogen-bond donors (Lipinski definition) is 2. The van der Waals surface area contributed by atoms with Gasteiger partial charge in [0, 0.05) is 24.1 Å². The molecule has 0 bridgehead atoms. The number of carbonyl (C=O) groups is 2. The first-order valence-corrected chi connectivity index (χ1v) is 9.73. The Labute approximate surface area is 161 Å². The second-order valence-corrected chi connectivity index (χ2v) is 7.49. The Morgan fingerprint density at radius 3 is 2.15 bits per heavy atom. The van der Waals surface area contributed by atoms with E-state index in [1.54, 1.807) is 0 Å². The molecule has 27 heavy (non-hydrogen) atoms. The zero-order chi connectivity index (χ0) is 19.2. The van der Waals surface area contributed by atoms with Gasteiger partial charge in [0.25, 0.3) is 0 Å². The van der Waals surface area contributed by atoms with Crippen molar-refractivity contribution in [3.05, 3.63) is 65.2 Å². The van der Waals surface area contributed by atoms with E-state index in [9.17, 15) is 9.59 Å². The summed E-state index contributed by atoms with van der Waals surface area (Å²) in [5, 5.41) is 6.10. The van der Waals surface area contributed by atoms with Gasteiger partial charge < -0.3 is 10.6 Å². The Balaban J connectivity index is 1.47. The van der Waals surface area contributed by atoms with Gasteiger partial charge in [-0.15, -0.1) is 0 Å². The summed E-state index contributed by atoms with van der Waals surface area (Å²) in [6, 6.07) is 15.9. The molecule has 142 valence electrons. The van der Waals surface area contributed by atoms with Crippen LogP contribution in [-0.2, 0) is 16.1 Å². The van der Waals surface area contributed by atoms with Gasteiger partial charge in [-0.3, -0.25) is 9.59 Å². The van der Waals surface area contributed by atoms with Crippen molar-refractivity contribution >= 4 is 17.5 Å². The summed E-state index contributed by atoms with van der Waals surface area (Å²) < 4.78 is 0. The van der Waals surface area contributed by atoms with Crippen LogP contribution in [0.15, 0.2) is 48.5 Å². The number of benzene rings is 2. The highest BCUT2D eigenvalue weighted by atomic mass is 16.2. The average molecular weight is 364 g/mol. The standard InChI is InChI=1S/C23H28N2O2/c1-16-7-6-10-21(17(16)2)25-23(27)20-13-11-19(12-14-20)22(26)24-15-18-8-4-3-5-9-18/h3-10,19-20H,11-15H2,1-2H3,(H,24,26)(H,25,27). The van der Waals surface area contributed by atoms with Crippen molar-refractivity contribution in [3.63, 3.8) is 0 Å². The molecule has 4 nitrogen and oxygen atoms in total. The predicted octanol–water partition coefficient (Wildman–Crippen LogP) is 4.36. The molecule has 0 radical (unpaired) electrons. The van der Waals surface area contributed by atoms with Crippen LogP contribution >= 0.6 is 0 Å². The molecule has 2 aromatic carbocycles. The molecule has 2 aromatic rings. The molecule has 2 N–H and O–H groups in total. The number of nitrogens with one attached hydrogen (secondary N) is 2. The second kappa shape index (κ2) is 8.85. The maximum Gasteiger partial charge on any atom is 0.227 e. The van der Waals surface area contributed by atoms with E-state index in [0.29, 0.717) is 6.54 Å². The van der Waals surface area contributed by atoms with Crippen molar-refractivity contribution in [2.45, 2.75) is 46.1 Å². The van der Waals surface area contributed by atoms with E-state index in [1.807, 2.05) is 62.4 Å². The van der Waals surface area contributed by atoms with Crippen LogP contribution in [0, 0.1) is 25.7 Å². The Kier molecular flexibility index (Phi) is 6.28. The largest absolute Gasteiger partial charge is 0.352 e. The SMILES string of the molecule is Cc1cccc(NC(=O)C2CCC(C(=O)NCc3ccccc3)CC2)c1C. The van der Waals surface area contributed by atoms with E-state index < -0.39 is 0 Å². The molecule has 0 atom stereocenters. The van der Waals surface area contributed by atoms with Crippen molar-refractivity contribution < 1.29 is 9.59 Å². The summed E-state index contributed by atoms with van der Waals surface area (Å²) in [4.78, 5) is 25.0. The third-order valence-corrected chi connectivity index (χ3v) is 5.64. The summed E-state index contributed by atoms with van der Waals surface area (Å²) in [5.74, 6) is 0.181. The van der Waals surface area contributed by atoms with Crippen molar-refractivity contribution in [3.8, 4) is 0 Å². The van der Waals surface area contributed by atoms with E-state index >= 15 is 0 Å². The van der Waals surface area contributed by atoms with Gasteiger partial charge in [-0.25, -0.2) is 0 Å². The van der Waals surface area contributed by atoms with Crippen LogP contribution in [-0.4, -0.2) is 11.8 Å². The van der Waals surface area contributed by atoms with Crippen LogP contribution in [0.25, 0.3) is 0 Å². The molecular weight excluding hydrogens is 336 g/mol. The summed E-state index contributed by atoms with van der Waals surface area (Å²) in [5.41, 5.74) is 4.28. The molecule has 0 saturated heterocycles. The van der Waals surface area contributed by atoms with E-state index in [0.717, 1.165) is 42.5 Å². The Bertz CT molecular complexity index is 793. The fourth-order valence-electron chi connectivity index (χ4n) is 3.67. The van der Waals surface area contributed by atoms with Gasteiger partial charge in [-0.2, -0.15) is 0 Å². The first kappa shape index (κ1) is 19.2. The maximum atomic E-state index is 12.6. The van der Waals surface area contributed by atoms with Gasteiger partial charge in [0.05, 0.1) is 0 Å². The second-order valence-electron chi connectivity index (χ2n) is 7.49. The minimum Gasteiger partial charge on any atom is -0.352 e. The van der Waals surface area contributed by atoms with Crippen LogP contribution in [0.4, 0.5) is 5.69 Å².